The number of nitrogens with zero attached hydrogens (tertiary/aromatic N) is 3. The number of ether oxygens (including phenoxy) is 1. The normalized spacial score (nSPS) is 12.0. The van der Waals surface area contributed by atoms with E-state index in [1.54, 1.807) is 0 Å². The number of nitro benzene ring substituents is 1. The van der Waals surface area contributed by atoms with Crippen LogP contribution in [0.3, 0.4) is 0 Å². The highest BCUT2D eigenvalue weighted by Crippen LogP contribution is 2.34. The molecule has 0 aliphatic heterocycles. The van der Waals surface area contributed by atoms with Gasteiger partial charge >= 0.3 is 0 Å². The van der Waals surface area contributed by atoms with E-state index in [0.29, 0.717) is 0 Å². The lowest BCUT2D eigenvalue weighted by molar-refractivity contribution is -0.384. The Hall–Kier alpha value is -4.45. The van der Waals surface area contributed by atoms with E-state index in [1.165, 1.54) is 24.1 Å². The van der Waals surface area contributed by atoms with Crippen LogP contribution in [0.1, 0.15) is 30.5 Å². The van der Waals surface area contributed by atoms with Crippen LogP contribution in [0.5, 0.6) is 5.75 Å². The van der Waals surface area contributed by atoms with Gasteiger partial charge in [0.15, 0.2) is 0 Å². The fraction of sp³-hybridized carbons (Fsp3) is 0.333. The van der Waals surface area contributed by atoms with Crippen LogP contribution in [0, 0.1) is 17.0 Å². The van der Waals surface area contributed by atoms with Gasteiger partial charge in [0.2, 0.25) is 21.8 Å². The topological polar surface area (TPSA) is 139 Å². The van der Waals surface area contributed by atoms with Crippen molar-refractivity contribution in [1.82, 2.24) is 10.2 Å². The predicted octanol–water partition coefficient (Wildman–Crippen LogP) is 3.84. The molecule has 0 spiro atoms. The van der Waals surface area contributed by atoms with Crippen molar-refractivity contribution < 1.29 is 27.7 Å². The molecule has 3 aromatic rings. The summed E-state index contributed by atoms with van der Waals surface area (Å²) in [6.45, 7) is 4.85. The van der Waals surface area contributed by atoms with Crippen LogP contribution in [0.2, 0.25) is 0 Å². The van der Waals surface area contributed by atoms with Gasteiger partial charge in [-0.15, -0.1) is 0 Å². The first-order chi connectivity index (χ1) is 19.8. The van der Waals surface area contributed by atoms with E-state index in [4.69, 9.17) is 4.74 Å². The van der Waals surface area contributed by atoms with Crippen molar-refractivity contribution in [2.24, 2.45) is 0 Å². The monoisotopic (exact) mass is 596 g/mol. The highest BCUT2D eigenvalue weighted by atomic mass is 32.2. The molecule has 3 rings (SSSR count). The molecular formula is C30H36N4O7S. The fourth-order valence-electron chi connectivity index (χ4n) is 4.41. The average molecular weight is 597 g/mol. The fourth-order valence-corrected chi connectivity index (χ4v) is 5.25. The Morgan fingerprint density at radius 2 is 1.64 bits per heavy atom. The molecule has 0 saturated carbocycles. The highest BCUT2D eigenvalue weighted by molar-refractivity contribution is 7.92. The van der Waals surface area contributed by atoms with Crippen molar-refractivity contribution in [2.45, 2.75) is 45.8 Å². The van der Waals surface area contributed by atoms with Gasteiger partial charge in [-0.2, -0.15) is 0 Å². The van der Waals surface area contributed by atoms with Crippen molar-refractivity contribution in [1.29, 1.82) is 0 Å². The van der Waals surface area contributed by atoms with Crippen LogP contribution in [0.15, 0.2) is 72.8 Å². The van der Waals surface area contributed by atoms with Crippen molar-refractivity contribution >= 4 is 33.2 Å². The number of aryl methyl sites for hydroxylation is 1. The Labute approximate surface area is 246 Å². The molecule has 12 heteroatoms. The quantitative estimate of drug-likeness (QED) is 0.234. The second-order valence-electron chi connectivity index (χ2n) is 10.3. The molecule has 1 N–H and O–H groups in total. The van der Waals surface area contributed by atoms with Crippen molar-refractivity contribution in [3.8, 4) is 5.75 Å². The Kier molecular flexibility index (Phi) is 10.6. The van der Waals surface area contributed by atoms with Crippen LogP contribution >= 0.6 is 0 Å². The minimum Gasteiger partial charge on any atom is -0.495 e. The first kappa shape index (κ1) is 32.1. The molecule has 3 aromatic carbocycles. The van der Waals surface area contributed by atoms with Crippen LogP contribution < -0.4 is 14.4 Å². The first-order valence-corrected chi connectivity index (χ1v) is 15.1. The van der Waals surface area contributed by atoms with Gasteiger partial charge in [0.25, 0.3) is 5.69 Å². The maximum absolute atomic E-state index is 14.2. The Balaban J connectivity index is 2.12. The van der Waals surface area contributed by atoms with Gasteiger partial charge in [0.1, 0.15) is 24.0 Å². The van der Waals surface area contributed by atoms with Gasteiger partial charge in [-0.1, -0.05) is 60.2 Å². The van der Waals surface area contributed by atoms with Crippen molar-refractivity contribution in [3.63, 3.8) is 0 Å². The molecule has 0 bridgehead atoms. The second kappa shape index (κ2) is 13.9. The van der Waals surface area contributed by atoms with Gasteiger partial charge in [0.05, 0.1) is 18.3 Å². The smallest absolute Gasteiger partial charge is 0.271 e. The molecule has 0 unspecified atom stereocenters. The highest BCUT2D eigenvalue weighted by Gasteiger charge is 2.34. The average Bonchev–Trinajstić information content (AvgIpc) is 2.93. The summed E-state index contributed by atoms with van der Waals surface area (Å²) < 4.78 is 32.1. The number of methoxy groups -OCH3 is 1. The summed E-state index contributed by atoms with van der Waals surface area (Å²) in [6.07, 6.45) is 1.08. The zero-order valence-corrected chi connectivity index (χ0v) is 25.1. The van der Waals surface area contributed by atoms with Crippen molar-refractivity contribution in [2.75, 3.05) is 24.2 Å². The number of amides is 2. The number of nitrogens with one attached hydrogen (secondary N) is 1. The second-order valence-corrected chi connectivity index (χ2v) is 12.2. The van der Waals surface area contributed by atoms with Gasteiger partial charge in [-0.3, -0.25) is 24.0 Å². The predicted molar refractivity (Wildman–Crippen MR) is 161 cm³/mol. The maximum atomic E-state index is 14.2. The van der Waals surface area contributed by atoms with Gasteiger partial charge < -0.3 is 15.0 Å². The largest absolute Gasteiger partial charge is 0.495 e. The Morgan fingerprint density at radius 3 is 2.19 bits per heavy atom. The third-order valence-electron chi connectivity index (χ3n) is 6.50. The Morgan fingerprint density at radius 1 is 1.00 bits per heavy atom. The minimum absolute atomic E-state index is 0.0196. The van der Waals surface area contributed by atoms with Crippen LogP contribution in [-0.2, 0) is 32.6 Å². The van der Waals surface area contributed by atoms with Gasteiger partial charge in [0, 0.05) is 31.1 Å². The molecule has 0 aliphatic carbocycles. The van der Waals surface area contributed by atoms with E-state index in [9.17, 15) is 28.1 Å². The number of anilines is 1. The van der Waals surface area contributed by atoms with E-state index in [2.05, 4.69) is 5.32 Å². The zero-order chi connectivity index (χ0) is 31.0. The number of hydrogen-bond donors (Lipinski definition) is 1. The van der Waals surface area contributed by atoms with Crippen LogP contribution in [0.25, 0.3) is 0 Å². The number of rotatable bonds is 13. The molecule has 0 aliphatic rings. The molecule has 42 heavy (non-hydrogen) atoms. The van der Waals surface area contributed by atoms with Gasteiger partial charge in [-0.05, 0) is 38.0 Å². The summed E-state index contributed by atoms with van der Waals surface area (Å²) in [5.74, 6) is -1.04. The molecular weight excluding hydrogens is 560 g/mol. The summed E-state index contributed by atoms with van der Waals surface area (Å²) >= 11 is 0. The molecule has 0 saturated heterocycles. The minimum atomic E-state index is -4.14. The van der Waals surface area contributed by atoms with E-state index in [0.717, 1.165) is 33.3 Å². The molecule has 0 radical (unpaired) electrons. The summed E-state index contributed by atoms with van der Waals surface area (Å²) in [7, 11) is -2.85. The summed E-state index contributed by atoms with van der Waals surface area (Å²) in [5.41, 5.74) is 2.02. The third kappa shape index (κ3) is 8.53. The number of non-ortho nitro benzene ring substituents is 1. The van der Waals surface area contributed by atoms with E-state index in [1.807, 2.05) is 75.4 Å². The number of carbonyl (C=O) groups is 2. The number of hydrogen-bond acceptors (Lipinski definition) is 7. The lowest BCUT2D eigenvalue weighted by Crippen LogP contribution is -2.54. The molecule has 2 amide bonds. The lowest BCUT2D eigenvalue weighted by Gasteiger charge is -2.34. The zero-order valence-electron chi connectivity index (χ0n) is 24.3. The van der Waals surface area contributed by atoms with E-state index in [-0.39, 0.29) is 36.1 Å². The van der Waals surface area contributed by atoms with E-state index >= 15 is 0 Å². The van der Waals surface area contributed by atoms with Crippen molar-refractivity contribution in [3.05, 3.63) is 99.6 Å². The summed E-state index contributed by atoms with van der Waals surface area (Å²) in [6, 6.07) is 19.0. The third-order valence-corrected chi connectivity index (χ3v) is 7.62. The SMILES string of the molecule is COc1ccc([N+](=O)[O-])cc1N(CC(=O)N(Cc1ccc(C)cc1)[C@H](Cc1ccccc1)C(=O)NC(C)C)S(C)(=O)=O. The number of carbonyl (C=O) groups excluding carboxylic acids is 2. The maximum Gasteiger partial charge on any atom is 0.271 e. The molecule has 0 fully saturated rings. The molecule has 0 heterocycles. The lowest BCUT2D eigenvalue weighted by atomic mass is 10.0. The van der Waals surface area contributed by atoms with E-state index < -0.39 is 39.3 Å². The standard InChI is InChI=1S/C30H36N4O7S/c1-21(2)31-30(36)27(17-23-9-7-6-8-10-23)32(19-24-13-11-22(3)12-14-24)29(35)20-33(42(5,39)40)26-18-25(34(37)38)15-16-28(26)41-4/h6-16,18,21,27H,17,19-20H2,1-5H3,(H,31,36)/t27-/m1/s1. The summed E-state index contributed by atoms with van der Waals surface area (Å²) in [4.78, 5) is 39.9. The number of nitro groups is 1. The van der Waals surface area contributed by atoms with Crippen LogP contribution in [0.4, 0.5) is 11.4 Å². The molecule has 11 nitrogen and oxygen atoms in total. The molecule has 1 atom stereocenters. The van der Waals surface area contributed by atoms with Gasteiger partial charge in [-0.25, -0.2) is 8.42 Å². The Bertz CT molecular complexity index is 1510. The molecule has 0 aromatic heterocycles. The number of benzene rings is 3. The summed E-state index contributed by atoms with van der Waals surface area (Å²) in [5, 5.41) is 14.4. The van der Waals surface area contributed by atoms with Crippen LogP contribution in [-0.4, -0.2) is 62.0 Å². The first-order valence-electron chi connectivity index (χ1n) is 13.3. The number of sulfonamides is 1. The molecule has 224 valence electrons.